The van der Waals surface area contributed by atoms with E-state index in [-0.39, 0.29) is 18.6 Å². The number of hydrogen-bond acceptors (Lipinski definition) is 6. The van der Waals surface area contributed by atoms with Gasteiger partial charge in [-0.05, 0) is 47.2 Å². The Hall–Kier alpha value is -2.97. The zero-order valence-corrected chi connectivity index (χ0v) is 16.4. The summed E-state index contributed by atoms with van der Waals surface area (Å²) in [6.07, 6.45) is 0.681. The van der Waals surface area contributed by atoms with E-state index in [0.29, 0.717) is 17.7 Å². The summed E-state index contributed by atoms with van der Waals surface area (Å²) in [5.74, 6) is -0.231. The number of ether oxygens (including phenoxy) is 1. The molecule has 28 heavy (non-hydrogen) atoms. The van der Waals surface area contributed by atoms with Gasteiger partial charge in [0.1, 0.15) is 5.75 Å². The van der Waals surface area contributed by atoms with Crippen molar-refractivity contribution in [3.8, 4) is 5.75 Å². The van der Waals surface area contributed by atoms with Crippen LogP contribution in [0.3, 0.4) is 0 Å². The average molecular weight is 412 g/mol. The number of nitrogens with two attached hydrogens (primary N) is 1. The van der Waals surface area contributed by atoms with Crippen molar-refractivity contribution in [2.75, 3.05) is 6.61 Å². The van der Waals surface area contributed by atoms with Crippen LogP contribution in [-0.4, -0.2) is 29.1 Å². The SMILES string of the molecule is NC(=O)c1ccc(OCC(=O)N2N=C(c3cccs3)C[C@@H]2c2cccs2)cc1. The molecule has 0 saturated heterocycles. The van der Waals surface area contributed by atoms with Crippen LogP contribution < -0.4 is 10.5 Å². The van der Waals surface area contributed by atoms with Gasteiger partial charge in [0.25, 0.3) is 5.91 Å². The minimum Gasteiger partial charge on any atom is -0.484 e. The number of rotatable bonds is 6. The number of thiophene rings is 2. The van der Waals surface area contributed by atoms with Gasteiger partial charge in [-0.1, -0.05) is 12.1 Å². The average Bonchev–Trinajstić information content (AvgIpc) is 3.46. The highest BCUT2D eigenvalue weighted by atomic mass is 32.1. The molecule has 1 aromatic carbocycles. The van der Waals surface area contributed by atoms with Crippen LogP contribution in [0.25, 0.3) is 0 Å². The van der Waals surface area contributed by atoms with Crippen LogP contribution in [-0.2, 0) is 4.79 Å². The first kappa shape index (κ1) is 18.4. The number of hydrazone groups is 1. The Labute approximate surface area is 169 Å². The summed E-state index contributed by atoms with van der Waals surface area (Å²) in [5.41, 5.74) is 6.53. The van der Waals surface area contributed by atoms with Crippen LogP contribution in [0.4, 0.5) is 0 Å². The van der Waals surface area contributed by atoms with Gasteiger partial charge >= 0.3 is 0 Å². The topological polar surface area (TPSA) is 85.0 Å². The molecule has 0 fully saturated rings. The van der Waals surface area contributed by atoms with Gasteiger partial charge in [0.2, 0.25) is 5.91 Å². The lowest BCUT2D eigenvalue weighted by Gasteiger charge is -2.20. The van der Waals surface area contributed by atoms with Crippen LogP contribution in [0.15, 0.2) is 64.4 Å². The Balaban J connectivity index is 1.49. The number of nitrogens with zero attached hydrogens (tertiary/aromatic N) is 2. The molecule has 0 radical (unpaired) electrons. The minimum atomic E-state index is -0.506. The van der Waals surface area contributed by atoms with Crippen LogP contribution in [0.2, 0.25) is 0 Å². The van der Waals surface area contributed by atoms with Crippen molar-refractivity contribution in [3.05, 3.63) is 74.6 Å². The van der Waals surface area contributed by atoms with E-state index < -0.39 is 5.91 Å². The molecule has 2 N–H and O–H groups in total. The van der Waals surface area contributed by atoms with Crippen LogP contribution in [0.5, 0.6) is 5.75 Å². The van der Waals surface area contributed by atoms with Gasteiger partial charge in [-0.2, -0.15) is 5.10 Å². The largest absolute Gasteiger partial charge is 0.484 e. The third-order valence-corrected chi connectivity index (χ3v) is 6.24. The number of benzene rings is 1. The van der Waals surface area contributed by atoms with Crippen molar-refractivity contribution in [1.82, 2.24) is 5.01 Å². The van der Waals surface area contributed by atoms with E-state index in [4.69, 9.17) is 10.5 Å². The van der Waals surface area contributed by atoms with E-state index >= 15 is 0 Å². The maximum absolute atomic E-state index is 12.8. The molecule has 4 rings (SSSR count). The normalized spacial score (nSPS) is 16.1. The molecule has 2 amide bonds. The maximum atomic E-state index is 12.8. The molecule has 142 valence electrons. The second-order valence-corrected chi connectivity index (χ2v) is 8.10. The van der Waals surface area contributed by atoms with Crippen molar-refractivity contribution in [3.63, 3.8) is 0 Å². The van der Waals surface area contributed by atoms with Gasteiger partial charge in [-0.25, -0.2) is 5.01 Å². The molecule has 6 nitrogen and oxygen atoms in total. The summed E-state index contributed by atoms with van der Waals surface area (Å²) in [6, 6.07) is 14.2. The summed E-state index contributed by atoms with van der Waals surface area (Å²) < 4.78 is 5.60. The summed E-state index contributed by atoms with van der Waals surface area (Å²) >= 11 is 3.22. The molecular weight excluding hydrogens is 394 g/mol. The molecule has 1 aliphatic rings. The van der Waals surface area contributed by atoms with Gasteiger partial charge in [0, 0.05) is 16.9 Å². The molecule has 0 bridgehead atoms. The zero-order chi connectivity index (χ0) is 19.5. The predicted molar refractivity (Wildman–Crippen MR) is 110 cm³/mol. The quantitative estimate of drug-likeness (QED) is 0.672. The first-order valence-electron chi connectivity index (χ1n) is 8.61. The predicted octanol–water partition coefficient (Wildman–Crippen LogP) is 3.67. The van der Waals surface area contributed by atoms with Gasteiger partial charge < -0.3 is 10.5 Å². The Morgan fingerprint density at radius 1 is 1.11 bits per heavy atom. The molecule has 3 heterocycles. The van der Waals surface area contributed by atoms with E-state index in [1.54, 1.807) is 46.9 Å². The summed E-state index contributed by atoms with van der Waals surface area (Å²) in [7, 11) is 0. The fourth-order valence-electron chi connectivity index (χ4n) is 2.96. The molecule has 3 aromatic rings. The molecule has 0 aliphatic carbocycles. The Morgan fingerprint density at radius 2 is 1.86 bits per heavy atom. The summed E-state index contributed by atoms with van der Waals surface area (Å²) in [4.78, 5) is 26.1. The van der Waals surface area contributed by atoms with Crippen molar-refractivity contribution in [2.45, 2.75) is 12.5 Å². The highest BCUT2D eigenvalue weighted by Gasteiger charge is 2.34. The Bertz CT molecular complexity index is 996. The number of amides is 2. The first-order valence-corrected chi connectivity index (χ1v) is 10.4. The maximum Gasteiger partial charge on any atom is 0.281 e. The third kappa shape index (κ3) is 3.83. The van der Waals surface area contributed by atoms with E-state index in [1.165, 1.54) is 5.01 Å². The standard InChI is InChI=1S/C20H17N3O3S2/c21-20(25)13-5-7-14(8-6-13)26-12-19(24)23-16(18-4-2-10-28-18)11-15(22-23)17-3-1-9-27-17/h1-10,16H,11-12H2,(H2,21,25)/t16-/m1/s1. The second-order valence-electron chi connectivity index (χ2n) is 6.17. The molecule has 0 spiro atoms. The van der Waals surface area contributed by atoms with E-state index in [1.807, 2.05) is 35.0 Å². The number of hydrogen-bond donors (Lipinski definition) is 1. The third-order valence-electron chi connectivity index (χ3n) is 4.34. The lowest BCUT2D eigenvalue weighted by Crippen LogP contribution is -2.31. The highest BCUT2D eigenvalue weighted by Crippen LogP contribution is 2.35. The van der Waals surface area contributed by atoms with E-state index in [2.05, 4.69) is 5.10 Å². The molecular formula is C20H17N3O3S2. The Kier molecular flexibility index (Phi) is 5.23. The van der Waals surface area contributed by atoms with Gasteiger partial charge in [-0.15, -0.1) is 22.7 Å². The van der Waals surface area contributed by atoms with Gasteiger partial charge in [0.15, 0.2) is 6.61 Å². The number of primary amides is 1. The second kappa shape index (κ2) is 7.95. The highest BCUT2D eigenvalue weighted by molar-refractivity contribution is 7.12. The first-order chi connectivity index (χ1) is 13.6. The van der Waals surface area contributed by atoms with Crippen LogP contribution in [0.1, 0.15) is 32.6 Å². The lowest BCUT2D eigenvalue weighted by atomic mass is 10.1. The smallest absolute Gasteiger partial charge is 0.281 e. The van der Waals surface area contributed by atoms with Gasteiger partial charge in [-0.3, -0.25) is 9.59 Å². The molecule has 1 aliphatic heterocycles. The number of carbonyl (C=O) groups excluding carboxylic acids is 2. The fraction of sp³-hybridized carbons (Fsp3) is 0.150. The van der Waals surface area contributed by atoms with Crippen molar-refractivity contribution in [1.29, 1.82) is 0 Å². The molecule has 2 aromatic heterocycles. The molecule has 0 unspecified atom stereocenters. The molecule has 8 heteroatoms. The van der Waals surface area contributed by atoms with E-state index in [9.17, 15) is 9.59 Å². The monoisotopic (exact) mass is 411 g/mol. The number of carbonyl (C=O) groups is 2. The summed E-state index contributed by atoms with van der Waals surface area (Å²) in [5, 5.41) is 10.1. The van der Waals surface area contributed by atoms with Crippen molar-refractivity contribution < 1.29 is 14.3 Å². The lowest BCUT2D eigenvalue weighted by molar-refractivity contribution is -0.135. The van der Waals surface area contributed by atoms with Crippen molar-refractivity contribution >= 4 is 40.2 Å². The molecule has 0 saturated carbocycles. The van der Waals surface area contributed by atoms with Crippen LogP contribution >= 0.6 is 22.7 Å². The van der Waals surface area contributed by atoms with E-state index in [0.717, 1.165) is 15.5 Å². The van der Waals surface area contributed by atoms with Crippen molar-refractivity contribution in [2.24, 2.45) is 10.8 Å². The fourth-order valence-corrected chi connectivity index (χ4v) is 4.49. The summed E-state index contributed by atoms with van der Waals surface area (Å²) in [6.45, 7) is -0.140. The minimum absolute atomic E-state index is 0.120. The van der Waals surface area contributed by atoms with Gasteiger partial charge in [0.05, 0.1) is 16.6 Å². The Morgan fingerprint density at radius 3 is 2.50 bits per heavy atom. The zero-order valence-electron chi connectivity index (χ0n) is 14.8. The molecule has 1 atom stereocenters. The van der Waals surface area contributed by atoms with Crippen LogP contribution in [0, 0.1) is 0 Å².